The van der Waals surface area contributed by atoms with Gasteiger partial charge in [0.2, 0.25) is 0 Å². The number of carbonyl (C=O) groups is 1. The number of hydrogen-bond donors (Lipinski definition) is 2. The minimum absolute atomic E-state index is 0.138. The van der Waals surface area contributed by atoms with Gasteiger partial charge in [-0.25, -0.2) is 4.98 Å². The number of nitrogens with zero attached hydrogens (tertiary/aromatic N) is 1. The van der Waals surface area contributed by atoms with Crippen LogP contribution >= 0.6 is 0 Å². The minimum atomic E-state index is -0.288. The molecule has 0 aliphatic rings. The van der Waals surface area contributed by atoms with Gasteiger partial charge in [0.25, 0.3) is 0 Å². The lowest BCUT2D eigenvalue weighted by molar-refractivity contribution is -0.140. The van der Waals surface area contributed by atoms with Crippen molar-refractivity contribution < 1.29 is 9.53 Å². The summed E-state index contributed by atoms with van der Waals surface area (Å²) in [7, 11) is 0. The number of nitrogen functional groups attached to an aromatic ring is 1. The van der Waals surface area contributed by atoms with Crippen LogP contribution in [0, 0.1) is 0 Å². The standard InChI is InChI=1S/C9H13N3O2/c1-2-14-9(13)6-11-7-3-4-8(10)12-5-7/h3-5,11H,2,6H2,1H3,(H2,10,12). The Bertz CT molecular complexity index is 297. The number of ether oxygens (including phenoxy) is 1. The molecule has 0 radical (unpaired) electrons. The van der Waals surface area contributed by atoms with Crippen LogP contribution in [0.15, 0.2) is 18.3 Å². The first-order valence-corrected chi connectivity index (χ1v) is 4.33. The van der Waals surface area contributed by atoms with Crippen LogP contribution in [-0.2, 0) is 9.53 Å². The summed E-state index contributed by atoms with van der Waals surface area (Å²) in [5, 5.41) is 2.86. The second kappa shape index (κ2) is 5.06. The van der Waals surface area contributed by atoms with E-state index < -0.39 is 0 Å². The van der Waals surface area contributed by atoms with Crippen LogP contribution in [0.3, 0.4) is 0 Å². The van der Waals surface area contributed by atoms with Gasteiger partial charge >= 0.3 is 5.97 Å². The average molecular weight is 195 g/mol. The molecule has 1 rings (SSSR count). The molecule has 0 fully saturated rings. The predicted molar refractivity (Wildman–Crippen MR) is 53.8 cm³/mol. The highest BCUT2D eigenvalue weighted by molar-refractivity contribution is 5.74. The summed E-state index contributed by atoms with van der Waals surface area (Å²) >= 11 is 0. The molecule has 14 heavy (non-hydrogen) atoms. The van der Waals surface area contributed by atoms with Crippen molar-refractivity contribution in [2.45, 2.75) is 6.92 Å². The lowest BCUT2D eigenvalue weighted by Gasteiger charge is -2.05. The summed E-state index contributed by atoms with van der Waals surface area (Å²) in [6.07, 6.45) is 1.56. The molecule has 1 aromatic rings. The van der Waals surface area contributed by atoms with Crippen molar-refractivity contribution in [2.24, 2.45) is 0 Å². The van der Waals surface area contributed by atoms with E-state index in [0.717, 1.165) is 5.69 Å². The van der Waals surface area contributed by atoms with E-state index >= 15 is 0 Å². The summed E-state index contributed by atoms with van der Waals surface area (Å²) in [4.78, 5) is 14.8. The maximum absolute atomic E-state index is 11.0. The van der Waals surface area contributed by atoms with E-state index in [4.69, 9.17) is 10.5 Å². The van der Waals surface area contributed by atoms with Crippen LogP contribution in [-0.4, -0.2) is 24.1 Å². The molecule has 1 aromatic heterocycles. The maximum atomic E-state index is 11.0. The molecule has 0 aromatic carbocycles. The molecule has 0 bridgehead atoms. The Morgan fingerprint density at radius 2 is 2.43 bits per heavy atom. The van der Waals surface area contributed by atoms with Crippen LogP contribution < -0.4 is 11.1 Å². The topological polar surface area (TPSA) is 77.2 Å². The van der Waals surface area contributed by atoms with E-state index in [1.54, 1.807) is 25.3 Å². The molecule has 1 heterocycles. The van der Waals surface area contributed by atoms with Gasteiger partial charge in [0.05, 0.1) is 18.5 Å². The first kappa shape index (κ1) is 10.3. The molecular weight excluding hydrogens is 182 g/mol. The van der Waals surface area contributed by atoms with E-state index in [-0.39, 0.29) is 12.5 Å². The Balaban J connectivity index is 2.38. The Labute approximate surface area is 82.3 Å². The number of rotatable bonds is 4. The lowest BCUT2D eigenvalue weighted by atomic mass is 10.4. The largest absolute Gasteiger partial charge is 0.465 e. The Morgan fingerprint density at radius 3 is 3.00 bits per heavy atom. The van der Waals surface area contributed by atoms with Crippen LogP contribution in [0.5, 0.6) is 0 Å². The second-order valence-electron chi connectivity index (χ2n) is 2.63. The van der Waals surface area contributed by atoms with Gasteiger partial charge in [-0.05, 0) is 19.1 Å². The first-order chi connectivity index (χ1) is 6.72. The molecule has 0 saturated carbocycles. The number of carbonyl (C=O) groups excluding carboxylic acids is 1. The molecule has 3 N–H and O–H groups in total. The van der Waals surface area contributed by atoms with Crippen LogP contribution in [0.4, 0.5) is 11.5 Å². The number of aromatic nitrogens is 1. The second-order valence-corrected chi connectivity index (χ2v) is 2.63. The quantitative estimate of drug-likeness (QED) is 0.689. The zero-order valence-electron chi connectivity index (χ0n) is 7.99. The maximum Gasteiger partial charge on any atom is 0.325 e. The van der Waals surface area contributed by atoms with E-state index in [1.165, 1.54) is 0 Å². The van der Waals surface area contributed by atoms with Crippen LogP contribution in [0.2, 0.25) is 0 Å². The normalized spacial score (nSPS) is 9.50. The van der Waals surface area contributed by atoms with Crippen molar-refractivity contribution >= 4 is 17.5 Å². The molecule has 76 valence electrons. The molecular formula is C9H13N3O2. The highest BCUT2D eigenvalue weighted by atomic mass is 16.5. The highest BCUT2D eigenvalue weighted by Gasteiger charge is 2.00. The van der Waals surface area contributed by atoms with E-state index in [1.807, 2.05) is 0 Å². The van der Waals surface area contributed by atoms with Crippen molar-refractivity contribution in [3.8, 4) is 0 Å². The molecule has 5 heteroatoms. The first-order valence-electron chi connectivity index (χ1n) is 4.33. The Hall–Kier alpha value is -1.78. The summed E-state index contributed by atoms with van der Waals surface area (Å²) in [5.41, 5.74) is 6.14. The molecule has 0 spiro atoms. The van der Waals surface area contributed by atoms with Gasteiger partial charge in [0.1, 0.15) is 12.4 Å². The number of esters is 1. The fourth-order valence-electron chi connectivity index (χ4n) is 0.896. The van der Waals surface area contributed by atoms with Gasteiger partial charge in [-0.15, -0.1) is 0 Å². The summed E-state index contributed by atoms with van der Waals surface area (Å²) in [6, 6.07) is 3.41. The highest BCUT2D eigenvalue weighted by Crippen LogP contribution is 2.05. The molecule has 0 amide bonds. The van der Waals surface area contributed by atoms with Crippen LogP contribution in [0.1, 0.15) is 6.92 Å². The van der Waals surface area contributed by atoms with Crippen LogP contribution in [0.25, 0.3) is 0 Å². The van der Waals surface area contributed by atoms with Crippen molar-refractivity contribution in [2.75, 3.05) is 24.2 Å². The summed E-state index contributed by atoms with van der Waals surface area (Å²) < 4.78 is 4.74. The molecule has 0 saturated heterocycles. The monoisotopic (exact) mass is 195 g/mol. The predicted octanol–water partition coefficient (Wildman–Crippen LogP) is 0.639. The zero-order valence-corrected chi connectivity index (χ0v) is 7.99. The third-order valence-electron chi connectivity index (χ3n) is 1.53. The zero-order chi connectivity index (χ0) is 10.4. The number of nitrogens with one attached hydrogen (secondary N) is 1. The number of hydrogen-bond acceptors (Lipinski definition) is 5. The van der Waals surface area contributed by atoms with Gasteiger partial charge < -0.3 is 15.8 Å². The Morgan fingerprint density at radius 1 is 1.64 bits per heavy atom. The van der Waals surface area contributed by atoms with Gasteiger partial charge in [-0.1, -0.05) is 0 Å². The number of pyridine rings is 1. The van der Waals surface area contributed by atoms with E-state index in [0.29, 0.717) is 12.4 Å². The number of nitrogens with two attached hydrogens (primary N) is 1. The molecule has 0 atom stereocenters. The van der Waals surface area contributed by atoms with Crippen molar-refractivity contribution in [1.82, 2.24) is 4.98 Å². The van der Waals surface area contributed by atoms with Crippen molar-refractivity contribution in [1.29, 1.82) is 0 Å². The summed E-state index contributed by atoms with van der Waals surface area (Å²) in [5.74, 6) is 0.163. The van der Waals surface area contributed by atoms with E-state index in [2.05, 4.69) is 10.3 Å². The van der Waals surface area contributed by atoms with Gasteiger partial charge in [-0.3, -0.25) is 4.79 Å². The van der Waals surface area contributed by atoms with Crippen molar-refractivity contribution in [3.63, 3.8) is 0 Å². The molecule has 5 nitrogen and oxygen atoms in total. The number of anilines is 2. The van der Waals surface area contributed by atoms with Crippen molar-refractivity contribution in [3.05, 3.63) is 18.3 Å². The van der Waals surface area contributed by atoms with E-state index in [9.17, 15) is 4.79 Å². The third-order valence-corrected chi connectivity index (χ3v) is 1.53. The van der Waals surface area contributed by atoms with Gasteiger partial charge in [0.15, 0.2) is 0 Å². The fourth-order valence-corrected chi connectivity index (χ4v) is 0.896. The fraction of sp³-hybridized carbons (Fsp3) is 0.333. The third kappa shape index (κ3) is 3.30. The lowest BCUT2D eigenvalue weighted by Crippen LogP contribution is -2.16. The SMILES string of the molecule is CCOC(=O)CNc1ccc(N)nc1. The molecule has 0 aliphatic heterocycles. The molecule has 0 unspecified atom stereocenters. The van der Waals surface area contributed by atoms with Gasteiger partial charge in [0, 0.05) is 0 Å². The minimum Gasteiger partial charge on any atom is -0.465 e. The Kier molecular flexibility index (Phi) is 3.72. The average Bonchev–Trinajstić information content (AvgIpc) is 2.17. The summed E-state index contributed by atoms with van der Waals surface area (Å²) in [6.45, 7) is 2.29. The van der Waals surface area contributed by atoms with Gasteiger partial charge in [-0.2, -0.15) is 0 Å². The smallest absolute Gasteiger partial charge is 0.325 e. The molecule has 0 aliphatic carbocycles.